The molecule has 2 aromatic carbocycles. The summed E-state index contributed by atoms with van der Waals surface area (Å²) >= 11 is 5.18. The molecule has 0 unspecified atom stereocenters. The molecule has 0 aliphatic heterocycles. The number of nitrogens with one attached hydrogen (secondary N) is 1. The van der Waals surface area contributed by atoms with Gasteiger partial charge in [0.2, 0.25) is 0 Å². The molecule has 6 nitrogen and oxygen atoms in total. The normalized spacial score (nSPS) is 8.70. The van der Waals surface area contributed by atoms with E-state index in [2.05, 4.69) is 0 Å². The molecule has 2 aromatic rings. The van der Waals surface area contributed by atoms with Crippen molar-refractivity contribution in [3.63, 3.8) is 0 Å². The molecule has 0 aromatic heterocycles. The summed E-state index contributed by atoms with van der Waals surface area (Å²) in [5.41, 5.74) is 3.60. The van der Waals surface area contributed by atoms with Gasteiger partial charge in [-0.2, -0.15) is 10.5 Å². The van der Waals surface area contributed by atoms with Crippen LogP contribution in [0.25, 0.3) is 0 Å². The molecule has 7 heteroatoms. The van der Waals surface area contributed by atoms with Gasteiger partial charge in [0, 0.05) is 11.1 Å². The fourth-order valence-electron chi connectivity index (χ4n) is 1.52. The van der Waals surface area contributed by atoms with Crippen LogP contribution in [-0.4, -0.2) is 11.1 Å². The maximum atomic E-state index is 10.9. The second-order valence-corrected chi connectivity index (χ2v) is 4.48. The number of carbonyl (C=O) groups excluding carboxylic acids is 2. The van der Waals surface area contributed by atoms with E-state index in [1.807, 2.05) is 17.6 Å². The summed E-state index contributed by atoms with van der Waals surface area (Å²) in [5, 5.41) is 16.4. The molecule has 0 aliphatic rings. The number of nitrogen functional groups attached to an aromatic ring is 1. The Bertz CT molecular complexity index is 806. The number of halogens is 1. The van der Waals surface area contributed by atoms with Gasteiger partial charge < -0.3 is 0 Å². The van der Waals surface area contributed by atoms with Gasteiger partial charge in [0.25, 0.3) is 11.1 Å². The fraction of sp³-hybridized carbons (Fsp3) is 0. The Hall–Kier alpha value is -3.19. The lowest BCUT2D eigenvalue weighted by Crippen LogP contribution is -2.29. The highest BCUT2D eigenvalue weighted by Crippen LogP contribution is 2.06. The van der Waals surface area contributed by atoms with E-state index in [-0.39, 0.29) is 0 Å². The number of carbonyl (C=O) groups is 2. The van der Waals surface area contributed by atoms with Crippen molar-refractivity contribution >= 4 is 22.8 Å². The Morgan fingerprint density at radius 3 is 1.87 bits per heavy atom. The zero-order chi connectivity index (χ0) is 17.2. The van der Waals surface area contributed by atoms with Gasteiger partial charge in [-0.15, -0.1) is 0 Å². The maximum absolute atomic E-state index is 10.9. The molecule has 3 N–H and O–H groups in total. The Kier molecular flexibility index (Phi) is 6.96. The molecule has 0 saturated carbocycles. The Morgan fingerprint density at radius 2 is 1.43 bits per heavy atom. The van der Waals surface area contributed by atoms with Gasteiger partial charge >= 0.3 is 0 Å². The molecule has 114 valence electrons. The summed E-state index contributed by atoms with van der Waals surface area (Å²) in [4.78, 5) is 21.5. The van der Waals surface area contributed by atoms with E-state index in [0.717, 1.165) is 0 Å². The van der Waals surface area contributed by atoms with Crippen LogP contribution in [0.3, 0.4) is 0 Å². The predicted molar refractivity (Wildman–Crippen MR) is 84.2 cm³/mol. The molecule has 0 radical (unpaired) electrons. The SMILES string of the molecule is N#Cc1cccc(C(=O)Cl)c1.N#Cc1cccc(C(=O)NN)c1. The van der Waals surface area contributed by atoms with Gasteiger partial charge in [-0.25, -0.2) is 5.84 Å². The summed E-state index contributed by atoms with van der Waals surface area (Å²) in [5.74, 6) is 4.52. The van der Waals surface area contributed by atoms with Gasteiger partial charge in [0.05, 0.1) is 23.3 Å². The molecule has 0 fully saturated rings. The van der Waals surface area contributed by atoms with Gasteiger partial charge in [-0.05, 0) is 41.9 Å². The van der Waals surface area contributed by atoms with Gasteiger partial charge in [0.15, 0.2) is 0 Å². The molecule has 0 bridgehead atoms. The maximum Gasteiger partial charge on any atom is 0.265 e. The topological polar surface area (TPSA) is 120 Å². The zero-order valence-electron chi connectivity index (χ0n) is 11.8. The molecular formula is C16H11ClN4O2. The number of nitrogens with two attached hydrogens (primary N) is 1. The first-order valence-corrected chi connectivity index (χ1v) is 6.60. The first-order valence-electron chi connectivity index (χ1n) is 6.23. The van der Waals surface area contributed by atoms with Gasteiger partial charge in [-0.1, -0.05) is 18.2 Å². The summed E-state index contributed by atoms with van der Waals surface area (Å²) in [6.45, 7) is 0. The van der Waals surface area contributed by atoms with E-state index in [9.17, 15) is 9.59 Å². The highest BCUT2D eigenvalue weighted by molar-refractivity contribution is 6.67. The molecule has 2 rings (SSSR count). The van der Waals surface area contributed by atoms with Crippen molar-refractivity contribution in [1.82, 2.24) is 5.43 Å². The van der Waals surface area contributed by atoms with Gasteiger partial charge in [-0.3, -0.25) is 15.0 Å². The van der Waals surface area contributed by atoms with Crippen LogP contribution in [0.4, 0.5) is 0 Å². The molecule has 0 spiro atoms. The molecule has 0 aliphatic carbocycles. The van der Waals surface area contributed by atoms with E-state index in [0.29, 0.717) is 22.3 Å². The van der Waals surface area contributed by atoms with Crippen LogP contribution in [0.2, 0.25) is 0 Å². The lowest BCUT2D eigenvalue weighted by atomic mass is 10.1. The molecule has 0 saturated heterocycles. The van der Waals surface area contributed by atoms with Crippen molar-refractivity contribution < 1.29 is 9.59 Å². The minimum Gasteiger partial charge on any atom is -0.290 e. The monoisotopic (exact) mass is 326 g/mol. The van der Waals surface area contributed by atoms with Crippen LogP contribution < -0.4 is 11.3 Å². The van der Waals surface area contributed by atoms with Crippen molar-refractivity contribution in [2.75, 3.05) is 0 Å². The summed E-state index contributed by atoms with van der Waals surface area (Å²) in [6, 6.07) is 16.4. The highest BCUT2D eigenvalue weighted by Gasteiger charge is 2.02. The van der Waals surface area contributed by atoms with E-state index in [4.69, 9.17) is 28.0 Å². The number of hydrazine groups is 1. The van der Waals surface area contributed by atoms with Crippen molar-refractivity contribution in [2.24, 2.45) is 5.84 Å². The average Bonchev–Trinajstić information content (AvgIpc) is 2.61. The minimum atomic E-state index is -0.540. The first-order chi connectivity index (χ1) is 11.0. The number of nitriles is 2. The van der Waals surface area contributed by atoms with Crippen LogP contribution >= 0.6 is 11.6 Å². The van der Waals surface area contributed by atoms with Crippen LogP contribution in [0.1, 0.15) is 31.8 Å². The number of rotatable bonds is 2. The Morgan fingerprint density at radius 1 is 0.957 bits per heavy atom. The lowest BCUT2D eigenvalue weighted by molar-refractivity contribution is 0.0953. The third-order valence-electron chi connectivity index (χ3n) is 2.60. The van der Waals surface area contributed by atoms with Crippen LogP contribution in [0.15, 0.2) is 48.5 Å². The lowest BCUT2D eigenvalue weighted by Gasteiger charge is -1.97. The van der Waals surface area contributed by atoms with E-state index in [1.54, 1.807) is 36.4 Å². The summed E-state index contributed by atoms with van der Waals surface area (Å²) in [7, 11) is 0. The van der Waals surface area contributed by atoms with Crippen molar-refractivity contribution in [1.29, 1.82) is 10.5 Å². The Labute approximate surface area is 137 Å². The molecule has 1 amide bonds. The van der Waals surface area contributed by atoms with Crippen LogP contribution in [0.5, 0.6) is 0 Å². The number of hydrogen-bond acceptors (Lipinski definition) is 5. The summed E-state index contributed by atoms with van der Waals surface area (Å²) in [6.07, 6.45) is 0. The third-order valence-corrected chi connectivity index (χ3v) is 2.82. The standard InChI is InChI=1S/C8H4ClNO.C8H7N3O/c9-8(11)7-3-1-2-6(4-7)5-10;9-5-6-2-1-3-7(4-6)8(12)11-10/h1-4H;1-4H,10H2,(H,11,12). The third kappa shape index (κ3) is 5.60. The van der Waals surface area contributed by atoms with E-state index < -0.39 is 11.1 Å². The predicted octanol–water partition coefficient (Wildman–Crippen LogP) is 2.10. The quantitative estimate of drug-likeness (QED) is 0.379. The highest BCUT2D eigenvalue weighted by atomic mass is 35.5. The molecule has 0 atom stereocenters. The first kappa shape index (κ1) is 17.9. The van der Waals surface area contributed by atoms with Crippen molar-refractivity contribution in [2.45, 2.75) is 0 Å². The van der Waals surface area contributed by atoms with Crippen molar-refractivity contribution in [3.8, 4) is 12.1 Å². The average molecular weight is 327 g/mol. The second kappa shape index (κ2) is 8.96. The number of benzene rings is 2. The number of amides is 1. The molecular weight excluding hydrogens is 316 g/mol. The largest absolute Gasteiger partial charge is 0.290 e. The van der Waals surface area contributed by atoms with Crippen LogP contribution in [0, 0.1) is 22.7 Å². The Balaban J connectivity index is 0.000000231. The van der Waals surface area contributed by atoms with E-state index in [1.165, 1.54) is 12.1 Å². The molecule has 0 heterocycles. The van der Waals surface area contributed by atoms with Crippen LogP contribution in [-0.2, 0) is 0 Å². The number of hydrogen-bond donors (Lipinski definition) is 2. The second-order valence-electron chi connectivity index (χ2n) is 4.13. The smallest absolute Gasteiger partial charge is 0.265 e. The van der Waals surface area contributed by atoms with E-state index >= 15 is 0 Å². The van der Waals surface area contributed by atoms with Gasteiger partial charge in [0.1, 0.15) is 0 Å². The fourth-order valence-corrected chi connectivity index (χ4v) is 1.64. The van der Waals surface area contributed by atoms with Crippen molar-refractivity contribution in [3.05, 3.63) is 70.8 Å². The minimum absolute atomic E-state index is 0.353. The summed E-state index contributed by atoms with van der Waals surface area (Å²) < 4.78 is 0. The zero-order valence-corrected chi connectivity index (χ0v) is 12.5. The number of nitrogens with zero attached hydrogens (tertiary/aromatic N) is 2. The molecule has 23 heavy (non-hydrogen) atoms.